The van der Waals surface area contributed by atoms with Crippen molar-refractivity contribution in [2.75, 3.05) is 0 Å². The zero-order valence-electron chi connectivity index (χ0n) is 17.8. The molecule has 0 spiro atoms. The fourth-order valence-electron chi connectivity index (χ4n) is 4.73. The van der Waals surface area contributed by atoms with Crippen LogP contribution < -0.4 is 4.74 Å². The molecule has 0 saturated carbocycles. The molecule has 1 aliphatic heterocycles. The van der Waals surface area contributed by atoms with Crippen molar-refractivity contribution in [3.05, 3.63) is 83.5 Å². The van der Waals surface area contributed by atoms with Crippen LogP contribution in [0.3, 0.4) is 0 Å². The van der Waals surface area contributed by atoms with E-state index in [1.165, 1.54) is 0 Å². The minimum absolute atomic E-state index is 0.113. The molecule has 32 heavy (non-hydrogen) atoms. The fourth-order valence-corrected chi connectivity index (χ4v) is 4.73. The first-order valence-electron chi connectivity index (χ1n) is 10.7. The molecule has 0 N–H and O–H groups in total. The largest absolute Gasteiger partial charge is 0.442 e. The average Bonchev–Trinajstić information content (AvgIpc) is 3.23. The summed E-state index contributed by atoms with van der Waals surface area (Å²) in [7, 11) is 0. The third-order valence-corrected chi connectivity index (χ3v) is 6.09. The number of benzene rings is 1. The zero-order chi connectivity index (χ0) is 21.9. The minimum Gasteiger partial charge on any atom is -0.442 e. The first-order valence-corrected chi connectivity index (χ1v) is 10.7. The lowest BCUT2D eigenvalue weighted by Gasteiger charge is -2.37. The van der Waals surface area contributed by atoms with Gasteiger partial charge in [-0.05, 0) is 23.1 Å². The van der Waals surface area contributed by atoms with Crippen LogP contribution in [0, 0.1) is 5.41 Å². The number of ether oxygens (including phenoxy) is 1. The Balaban J connectivity index is 1.61. The van der Waals surface area contributed by atoms with Crippen LogP contribution >= 0.6 is 0 Å². The van der Waals surface area contributed by atoms with Gasteiger partial charge in [0.1, 0.15) is 17.8 Å². The number of Topliss-reactive ketones (excluding diaryl/α,β-unsaturated/α-hetero) is 1. The number of aromatic nitrogens is 5. The molecule has 0 saturated heterocycles. The lowest BCUT2D eigenvalue weighted by molar-refractivity contribution is -0.118. The third-order valence-electron chi connectivity index (χ3n) is 6.09. The molecule has 2 aliphatic rings. The molecule has 4 heterocycles. The molecule has 4 aromatic rings. The highest BCUT2D eigenvalue weighted by atomic mass is 16.5. The molecule has 0 amide bonds. The highest BCUT2D eigenvalue weighted by Crippen LogP contribution is 2.50. The van der Waals surface area contributed by atoms with Crippen LogP contribution in [-0.4, -0.2) is 30.3 Å². The van der Waals surface area contributed by atoms with E-state index in [9.17, 15) is 4.79 Å². The number of ketones is 1. The van der Waals surface area contributed by atoms with Gasteiger partial charge in [-0.1, -0.05) is 50.2 Å². The second-order valence-electron chi connectivity index (χ2n) is 9.11. The number of carbonyl (C=O) groups is 1. The second kappa shape index (κ2) is 6.82. The maximum absolute atomic E-state index is 13.4. The molecular weight excluding hydrogens is 402 g/mol. The quantitative estimate of drug-likeness (QED) is 0.477. The molecule has 7 heteroatoms. The van der Waals surface area contributed by atoms with Crippen molar-refractivity contribution in [1.82, 2.24) is 24.6 Å². The first-order chi connectivity index (χ1) is 15.5. The Morgan fingerprint density at radius 3 is 2.62 bits per heavy atom. The van der Waals surface area contributed by atoms with E-state index in [-0.39, 0.29) is 17.1 Å². The Morgan fingerprint density at radius 1 is 1.03 bits per heavy atom. The normalized spacial score (nSPS) is 19.4. The number of hydrogen-bond acceptors (Lipinski definition) is 6. The minimum atomic E-state index is -0.310. The van der Waals surface area contributed by atoms with Gasteiger partial charge >= 0.3 is 0 Å². The van der Waals surface area contributed by atoms with Crippen LogP contribution in [0.2, 0.25) is 0 Å². The molecule has 1 aliphatic carbocycles. The Kier molecular flexibility index (Phi) is 4.02. The summed E-state index contributed by atoms with van der Waals surface area (Å²) in [5.41, 5.74) is 3.62. The smallest absolute Gasteiger partial charge is 0.228 e. The SMILES string of the molecule is CC1(C)CC(=O)C2=C(C1)Oc1ncn3nc(-c4ccccn4)nc3c1[C@H]2c1ccccc1. The Hall–Kier alpha value is -3.87. The van der Waals surface area contributed by atoms with Crippen molar-refractivity contribution >= 4 is 11.4 Å². The van der Waals surface area contributed by atoms with Crippen LogP contribution in [0.25, 0.3) is 17.2 Å². The first kappa shape index (κ1) is 18.9. The molecule has 1 aromatic carbocycles. The topological polar surface area (TPSA) is 82.3 Å². The van der Waals surface area contributed by atoms with Crippen molar-refractivity contribution in [2.24, 2.45) is 5.41 Å². The van der Waals surface area contributed by atoms with Gasteiger partial charge in [-0.15, -0.1) is 5.10 Å². The Morgan fingerprint density at radius 2 is 1.84 bits per heavy atom. The molecule has 6 rings (SSSR count). The van der Waals surface area contributed by atoms with Crippen LogP contribution in [-0.2, 0) is 4.79 Å². The van der Waals surface area contributed by atoms with Gasteiger partial charge in [0, 0.05) is 30.5 Å². The van der Waals surface area contributed by atoms with E-state index in [2.05, 4.69) is 28.9 Å². The van der Waals surface area contributed by atoms with E-state index in [4.69, 9.17) is 9.72 Å². The lowest BCUT2D eigenvalue weighted by atomic mass is 9.70. The Bertz CT molecular complexity index is 1390. The van der Waals surface area contributed by atoms with Crippen molar-refractivity contribution in [2.45, 2.75) is 32.6 Å². The molecular formula is C25H21N5O2. The monoisotopic (exact) mass is 423 g/mol. The van der Waals surface area contributed by atoms with Gasteiger partial charge in [-0.3, -0.25) is 9.78 Å². The van der Waals surface area contributed by atoms with Gasteiger partial charge in [0.25, 0.3) is 0 Å². The summed E-state index contributed by atoms with van der Waals surface area (Å²) in [5.74, 6) is 1.51. The highest BCUT2D eigenvalue weighted by Gasteiger charge is 2.43. The number of pyridine rings is 1. The van der Waals surface area contributed by atoms with Crippen LogP contribution in [0.1, 0.15) is 43.7 Å². The number of fused-ring (bicyclic) bond motifs is 3. The molecule has 158 valence electrons. The molecule has 7 nitrogen and oxygen atoms in total. The molecule has 3 aromatic heterocycles. The van der Waals surface area contributed by atoms with E-state index in [0.29, 0.717) is 47.2 Å². The summed E-state index contributed by atoms with van der Waals surface area (Å²) in [6, 6.07) is 15.6. The molecule has 0 radical (unpaired) electrons. The average molecular weight is 423 g/mol. The molecule has 1 atom stereocenters. The van der Waals surface area contributed by atoms with Crippen molar-refractivity contribution in [3.8, 4) is 17.4 Å². The van der Waals surface area contributed by atoms with Gasteiger partial charge in [-0.2, -0.15) is 0 Å². The summed E-state index contributed by atoms with van der Waals surface area (Å²) < 4.78 is 7.91. The van der Waals surface area contributed by atoms with Crippen molar-refractivity contribution in [3.63, 3.8) is 0 Å². The van der Waals surface area contributed by atoms with Crippen LogP contribution in [0.5, 0.6) is 5.88 Å². The van der Waals surface area contributed by atoms with Gasteiger partial charge in [0.05, 0.1) is 5.56 Å². The Labute approximate surface area is 184 Å². The summed E-state index contributed by atoms with van der Waals surface area (Å²) in [6.45, 7) is 4.19. The van der Waals surface area contributed by atoms with Gasteiger partial charge < -0.3 is 4.74 Å². The van der Waals surface area contributed by atoms with E-state index in [1.807, 2.05) is 48.5 Å². The summed E-state index contributed by atoms with van der Waals surface area (Å²) in [6.07, 6.45) is 4.49. The number of allylic oxidation sites excluding steroid dienone is 2. The highest BCUT2D eigenvalue weighted by molar-refractivity contribution is 6.00. The van der Waals surface area contributed by atoms with Gasteiger partial charge in [0.15, 0.2) is 11.4 Å². The van der Waals surface area contributed by atoms with E-state index in [1.54, 1.807) is 17.0 Å². The number of hydrogen-bond donors (Lipinski definition) is 0. The van der Waals surface area contributed by atoms with Crippen LogP contribution in [0.15, 0.2) is 72.4 Å². The summed E-state index contributed by atoms with van der Waals surface area (Å²) in [5, 5.41) is 4.59. The zero-order valence-corrected chi connectivity index (χ0v) is 17.8. The van der Waals surface area contributed by atoms with Crippen molar-refractivity contribution in [1.29, 1.82) is 0 Å². The van der Waals surface area contributed by atoms with Gasteiger partial charge in [0.2, 0.25) is 11.7 Å². The molecule has 0 fully saturated rings. The summed E-state index contributed by atoms with van der Waals surface area (Å²) >= 11 is 0. The van der Waals surface area contributed by atoms with Crippen LogP contribution in [0.4, 0.5) is 0 Å². The van der Waals surface area contributed by atoms with E-state index in [0.717, 1.165) is 11.1 Å². The second-order valence-corrected chi connectivity index (χ2v) is 9.11. The predicted octanol–water partition coefficient (Wildman–Crippen LogP) is 4.35. The fraction of sp³-hybridized carbons (Fsp3) is 0.240. The summed E-state index contributed by atoms with van der Waals surface area (Å²) in [4.78, 5) is 27.1. The molecule has 0 unspecified atom stereocenters. The third kappa shape index (κ3) is 2.92. The number of rotatable bonds is 2. The predicted molar refractivity (Wildman–Crippen MR) is 118 cm³/mol. The maximum atomic E-state index is 13.4. The van der Waals surface area contributed by atoms with Crippen molar-refractivity contribution < 1.29 is 9.53 Å². The van der Waals surface area contributed by atoms with E-state index >= 15 is 0 Å². The number of carbonyl (C=O) groups excluding carboxylic acids is 1. The lowest BCUT2D eigenvalue weighted by Crippen LogP contribution is -2.33. The number of nitrogens with zero attached hydrogens (tertiary/aromatic N) is 5. The maximum Gasteiger partial charge on any atom is 0.228 e. The standard InChI is InChI=1S/C25H21N5O2/c1-25(2)12-17(31)20-18(13-25)32-24-21(19(20)15-8-4-3-5-9-15)23-28-22(29-30(23)14-27-24)16-10-6-7-11-26-16/h3-11,14,19H,12-13H2,1-2H3/t19-/m0/s1. The van der Waals surface area contributed by atoms with Gasteiger partial charge in [-0.25, -0.2) is 14.5 Å². The molecule has 0 bridgehead atoms. The van der Waals surface area contributed by atoms with E-state index < -0.39 is 0 Å².